The molecule has 4 rings (SSSR count). The van der Waals surface area contributed by atoms with Gasteiger partial charge in [-0.05, 0) is 31.0 Å². The van der Waals surface area contributed by atoms with Crippen LogP contribution in [0.3, 0.4) is 0 Å². The van der Waals surface area contributed by atoms with Crippen molar-refractivity contribution in [3.63, 3.8) is 0 Å². The second kappa shape index (κ2) is 7.16. The fourth-order valence-electron chi connectivity index (χ4n) is 2.74. The second-order valence-corrected chi connectivity index (χ2v) is 6.25. The minimum atomic E-state index is 0.320. The Kier molecular flexibility index (Phi) is 4.58. The van der Waals surface area contributed by atoms with Crippen molar-refractivity contribution < 1.29 is 4.74 Å². The number of anilines is 3. The summed E-state index contributed by atoms with van der Waals surface area (Å²) in [6, 6.07) is 7.77. The lowest BCUT2D eigenvalue weighted by Crippen LogP contribution is -2.28. The zero-order valence-corrected chi connectivity index (χ0v) is 14.2. The van der Waals surface area contributed by atoms with Gasteiger partial charge < -0.3 is 15.4 Å². The van der Waals surface area contributed by atoms with E-state index in [2.05, 4.69) is 30.6 Å². The van der Waals surface area contributed by atoms with Crippen LogP contribution >= 0.6 is 11.6 Å². The molecule has 3 aromatic rings. The lowest BCUT2D eigenvalue weighted by molar-refractivity contribution is 0.0903. The predicted molar refractivity (Wildman–Crippen MR) is 97.3 cm³/mol. The summed E-state index contributed by atoms with van der Waals surface area (Å²) in [6.45, 7) is 1.52. The SMILES string of the molecule is Clc1cccc(Nc2ncnc3cnc(NC4CCOCC4)nc23)c1. The van der Waals surface area contributed by atoms with Gasteiger partial charge in [0.1, 0.15) is 17.4 Å². The van der Waals surface area contributed by atoms with Crippen LogP contribution in [0.5, 0.6) is 0 Å². The molecule has 0 aliphatic carbocycles. The van der Waals surface area contributed by atoms with Crippen LogP contribution in [0, 0.1) is 0 Å². The van der Waals surface area contributed by atoms with Gasteiger partial charge in [-0.25, -0.2) is 19.9 Å². The average Bonchev–Trinajstić information content (AvgIpc) is 2.63. The maximum absolute atomic E-state index is 6.04. The maximum Gasteiger partial charge on any atom is 0.223 e. The Balaban J connectivity index is 1.63. The number of rotatable bonds is 4. The summed E-state index contributed by atoms with van der Waals surface area (Å²) in [4.78, 5) is 17.5. The summed E-state index contributed by atoms with van der Waals surface area (Å²) in [5.74, 6) is 1.19. The molecule has 8 heteroatoms. The Bertz CT molecular complexity index is 884. The summed E-state index contributed by atoms with van der Waals surface area (Å²) in [6.07, 6.45) is 5.08. The van der Waals surface area contributed by atoms with Gasteiger partial charge in [0.15, 0.2) is 5.82 Å². The highest BCUT2D eigenvalue weighted by molar-refractivity contribution is 6.30. The third-order valence-electron chi connectivity index (χ3n) is 4.02. The third-order valence-corrected chi connectivity index (χ3v) is 4.25. The minimum Gasteiger partial charge on any atom is -0.381 e. The summed E-state index contributed by atoms with van der Waals surface area (Å²) in [5.41, 5.74) is 2.18. The van der Waals surface area contributed by atoms with Crippen molar-refractivity contribution in [1.82, 2.24) is 19.9 Å². The zero-order valence-electron chi connectivity index (χ0n) is 13.4. The van der Waals surface area contributed by atoms with Gasteiger partial charge in [0.25, 0.3) is 0 Å². The smallest absolute Gasteiger partial charge is 0.223 e. The molecule has 1 aliphatic rings. The van der Waals surface area contributed by atoms with Crippen molar-refractivity contribution in [2.75, 3.05) is 23.8 Å². The van der Waals surface area contributed by atoms with E-state index in [0.29, 0.717) is 33.9 Å². The van der Waals surface area contributed by atoms with E-state index in [1.807, 2.05) is 24.3 Å². The van der Waals surface area contributed by atoms with E-state index < -0.39 is 0 Å². The highest BCUT2D eigenvalue weighted by atomic mass is 35.5. The fourth-order valence-corrected chi connectivity index (χ4v) is 2.93. The molecule has 3 heterocycles. The first-order chi connectivity index (χ1) is 12.3. The van der Waals surface area contributed by atoms with Gasteiger partial charge in [0.05, 0.1) is 6.20 Å². The van der Waals surface area contributed by atoms with Gasteiger partial charge in [-0.1, -0.05) is 17.7 Å². The molecule has 0 radical (unpaired) electrons. The van der Waals surface area contributed by atoms with E-state index in [9.17, 15) is 0 Å². The standard InChI is InChI=1S/C17H17ClN6O/c18-11-2-1-3-13(8-11)22-16-15-14(20-10-21-16)9-19-17(24-15)23-12-4-6-25-7-5-12/h1-3,8-10,12H,4-7H2,(H,19,23,24)(H,20,21,22). The van der Waals surface area contributed by atoms with Crippen molar-refractivity contribution in [3.8, 4) is 0 Å². The van der Waals surface area contributed by atoms with Crippen LogP contribution in [0.25, 0.3) is 11.0 Å². The molecule has 0 saturated carbocycles. The number of hydrogen-bond acceptors (Lipinski definition) is 7. The topological polar surface area (TPSA) is 84.9 Å². The molecule has 1 aliphatic heterocycles. The normalized spacial score (nSPS) is 15.2. The Morgan fingerprint density at radius 2 is 2.00 bits per heavy atom. The van der Waals surface area contributed by atoms with E-state index in [-0.39, 0.29) is 0 Å². The number of nitrogens with one attached hydrogen (secondary N) is 2. The predicted octanol–water partition coefficient (Wildman–Crippen LogP) is 3.41. The quantitative estimate of drug-likeness (QED) is 0.740. The van der Waals surface area contributed by atoms with Gasteiger partial charge in [0.2, 0.25) is 5.95 Å². The summed E-state index contributed by atoms with van der Waals surface area (Å²) >= 11 is 6.04. The van der Waals surface area contributed by atoms with Crippen molar-refractivity contribution in [3.05, 3.63) is 41.8 Å². The molecule has 1 aromatic carbocycles. The van der Waals surface area contributed by atoms with Gasteiger partial charge in [-0.2, -0.15) is 0 Å². The van der Waals surface area contributed by atoms with Gasteiger partial charge in [0, 0.05) is 30.0 Å². The monoisotopic (exact) mass is 356 g/mol. The number of aromatic nitrogens is 4. The Morgan fingerprint density at radius 1 is 1.12 bits per heavy atom. The molecular weight excluding hydrogens is 340 g/mol. The Hall–Kier alpha value is -2.51. The largest absolute Gasteiger partial charge is 0.381 e. The number of ether oxygens (including phenoxy) is 1. The molecule has 0 amide bonds. The van der Waals surface area contributed by atoms with Crippen LogP contribution in [0.15, 0.2) is 36.8 Å². The molecule has 0 atom stereocenters. The van der Waals surface area contributed by atoms with Crippen LogP contribution in [0.4, 0.5) is 17.5 Å². The summed E-state index contributed by atoms with van der Waals surface area (Å²) in [7, 11) is 0. The molecule has 2 aromatic heterocycles. The molecule has 0 unspecified atom stereocenters. The highest BCUT2D eigenvalue weighted by Gasteiger charge is 2.15. The van der Waals surface area contributed by atoms with Crippen LogP contribution in [-0.2, 0) is 4.74 Å². The van der Waals surface area contributed by atoms with Crippen molar-refractivity contribution in [1.29, 1.82) is 0 Å². The Labute approximate surface area is 149 Å². The van der Waals surface area contributed by atoms with E-state index in [1.54, 1.807) is 6.20 Å². The van der Waals surface area contributed by atoms with Crippen molar-refractivity contribution >= 4 is 40.1 Å². The molecule has 1 fully saturated rings. The van der Waals surface area contributed by atoms with E-state index in [1.165, 1.54) is 6.33 Å². The van der Waals surface area contributed by atoms with E-state index in [0.717, 1.165) is 31.7 Å². The number of halogens is 1. The molecule has 1 saturated heterocycles. The molecular formula is C17H17ClN6O. The van der Waals surface area contributed by atoms with Crippen molar-refractivity contribution in [2.24, 2.45) is 0 Å². The molecule has 7 nitrogen and oxygen atoms in total. The summed E-state index contributed by atoms with van der Waals surface area (Å²) < 4.78 is 5.38. The third kappa shape index (κ3) is 3.78. The average molecular weight is 357 g/mol. The Morgan fingerprint density at radius 3 is 2.84 bits per heavy atom. The van der Waals surface area contributed by atoms with Crippen LogP contribution in [0.1, 0.15) is 12.8 Å². The van der Waals surface area contributed by atoms with E-state index in [4.69, 9.17) is 16.3 Å². The minimum absolute atomic E-state index is 0.320. The van der Waals surface area contributed by atoms with E-state index >= 15 is 0 Å². The van der Waals surface area contributed by atoms with Crippen LogP contribution in [0.2, 0.25) is 5.02 Å². The fraction of sp³-hybridized carbons (Fsp3) is 0.294. The molecule has 128 valence electrons. The number of fused-ring (bicyclic) bond motifs is 1. The lowest BCUT2D eigenvalue weighted by atomic mass is 10.1. The maximum atomic E-state index is 6.04. The number of hydrogen-bond donors (Lipinski definition) is 2. The molecule has 25 heavy (non-hydrogen) atoms. The first-order valence-corrected chi connectivity index (χ1v) is 8.50. The molecule has 0 bridgehead atoms. The second-order valence-electron chi connectivity index (χ2n) is 5.82. The molecule has 0 spiro atoms. The zero-order chi connectivity index (χ0) is 17.1. The van der Waals surface area contributed by atoms with Gasteiger partial charge in [-0.15, -0.1) is 0 Å². The first kappa shape index (κ1) is 16.0. The molecule has 2 N–H and O–H groups in total. The van der Waals surface area contributed by atoms with Gasteiger partial charge >= 0.3 is 0 Å². The lowest BCUT2D eigenvalue weighted by Gasteiger charge is -2.23. The highest BCUT2D eigenvalue weighted by Crippen LogP contribution is 2.24. The number of nitrogens with zero attached hydrogens (tertiary/aromatic N) is 4. The van der Waals surface area contributed by atoms with Crippen LogP contribution < -0.4 is 10.6 Å². The van der Waals surface area contributed by atoms with Gasteiger partial charge in [-0.3, -0.25) is 0 Å². The number of benzene rings is 1. The first-order valence-electron chi connectivity index (χ1n) is 8.12. The van der Waals surface area contributed by atoms with Crippen LogP contribution in [-0.4, -0.2) is 39.2 Å². The van der Waals surface area contributed by atoms with Crippen molar-refractivity contribution in [2.45, 2.75) is 18.9 Å². The summed E-state index contributed by atoms with van der Waals surface area (Å²) in [5, 5.41) is 7.26.